The fourth-order valence-electron chi connectivity index (χ4n) is 2.14. The standard InChI is InChI=1S/C13H16N6S/c1-2-18-13(20)11(8-14-18)12-15-16-17-19(12)9-10-6-4-3-5-7-10/h3-8,14,16-17H,2,9H2,1H3. The number of hydrogen-bond acceptors (Lipinski definition) is 5. The second kappa shape index (κ2) is 5.48. The van der Waals surface area contributed by atoms with Crippen LogP contribution in [0.5, 0.6) is 0 Å². The molecule has 6 nitrogen and oxygen atoms in total. The van der Waals surface area contributed by atoms with Crippen LogP contribution in [0.25, 0.3) is 0 Å². The lowest BCUT2D eigenvalue weighted by Gasteiger charge is -2.18. The third-order valence-electron chi connectivity index (χ3n) is 3.18. The van der Waals surface area contributed by atoms with Gasteiger partial charge in [-0.1, -0.05) is 42.5 Å². The molecule has 20 heavy (non-hydrogen) atoms. The molecule has 3 N–H and O–H groups in total. The molecule has 0 saturated carbocycles. The fourth-order valence-corrected chi connectivity index (χ4v) is 2.47. The van der Waals surface area contributed by atoms with E-state index in [2.05, 4.69) is 33.4 Å². The third kappa shape index (κ3) is 2.33. The van der Waals surface area contributed by atoms with Crippen molar-refractivity contribution < 1.29 is 0 Å². The molecule has 2 aromatic rings. The summed E-state index contributed by atoms with van der Waals surface area (Å²) in [6, 6.07) is 10.2. The quantitative estimate of drug-likeness (QED) is 0.750. The van der Waals surface area contributed by atoms with Crippen LogP contribution in [0.3, 0.4) is 0 Å². The van der Waals surface area contributed by atoms with E-state index in [4.69, 9.17) is 12.2 Å². The largest absolute Gasteiger partial charge is 0.304 e. The van der Waals surface area contributed by atoms with E-state index in [0.29, 0.717) is 6.54 Å². The van der Waals surface area contributed by atoms with Gasteiger partial charge in [0.15, 0.2) is 5.84 Å². The predicted octanol–water partition coefficient (Wildman–Crippen LogP) is 1.75. The van der Waals surface area contributed by atoms with E-state index < -0.39 is 0 Å². The zero-order valence-corrected chi connectivity index (χ0v) is 11.9. The fraction of sp³-hybridized carbons (Fsp3) is 0.231. The number of hydrogen-bond donors (Lipinski definition) is 3. The number of hydrazone groups is 1. The van der Waals surface area contributed by atoms with E-state index in [1.54, 1.807) is 0 Å². The molecule has 0 spiro atoms. The van der Waals surface area contributed by atoms with Gasteiger partial charge in [-0.25, -0.2) is 5.53 Å². The first-order valence-electron chi connectivity index (χ1n) is 6.48. The number of benzene rings is 1. The highest BCUT2D eigenvalue weighted by molar-refractivity contribution is 7.71. The topological polar surface area (TPSA) is 60.4 Å². The van der Waals surface area contributed by atoms with Crippen LogP contribution >= 0.6 is 12.2 Å². The zero-order chi connectivity index (χ0) is 13.9. The molecular formula is C13H16N6S. The molecule has 104 valence electrons. The first-order valence-corrected chi connectivity index (χ1v) is 6.89. The number of nitrogens with one attached hydrogen (secondary N) is 3. The Labute approximate surface area is 122 Å². The highest BCUT2D eigenvalue weighted by Crippen LogP contribution is 2.12. The van der Waals surface area contributed by atoms with Crippen molar-refractivity contribution in [3.8, 4) is 0 Å². The van der Waals surface area contributed by atoms with Gasteiger partial charge >= 0.3 is 0 Å². The van der Waals surface area contributed by atoms with Crippen molar-refractivity contribution >= 4 is 18.1 Å². The number of aromatic nitrogens is 2. The number of aromatic amines is 1. The summed E-state index contributed by atoms with van der Waals surface area (Å²) in [5.74, 6) is 0.794. The Hall–Kier alpha value is -2.12. The monoisotopic (exact) mass is 288 g/mol. The highest BCUT2D eigenvalue weighted by Gasteiger charge is 2.21. The van der Waals surface area contributed by atoms with Gasteiger partial charge in [-0.3, -0.25) is 9.69 Å². The lowest BCUT2D eigenvalue weighted by atomic mass is 10.2. The molecule has 1 aromatic carbocycles. The lowest BCUT2D eigenvalue weighted by Crippen LogP contribution is -2.40. The van der Waals surface area contributed by atoms with Crippen LogP contribution in [0.15, 0.2) is 41.6 Å². The summed E-state index contributed by atoms with van der Waals surface area (Å²) in [7, 11) is 0. The molecule has 3 rings (SSSR count). The second-order valence-electron chi connectivity index (χ2n) is 4.47. The first kappa shape index (κ1) is 12.9. The van der Waals surface area contributed by atoms with Crippen molar-refractivity contribution in [1.82, 2.24) is 25.9 Å². The smallest absolute Gasteiger partial charge is 0.177 e. The van der Waals surface area contributed by atoms with Crippen molar-refractivity contribution in [2.75, 3.05) is 0 Å². The molecule has 0 atom stereocenters. The molecule has 0 bridgehead atoms. The summed E-state index contributed by atoms with van der Waals surface area (Å²) in [6.07, 6.45) is 1.89. The molecule has 1 aliphatic rings. The van der Waals surface area contributed by atoms with Crippen LogP contribution in [0.2, 0.25) is 0 Å². The van der Waals surface area contributed by atoms with Crippen LogP contribution < -0.4 is 11.1 Å². The van der Waals surface area contributed by atoms with Crippen molar-refractivity contribution in [2.24, 2.45) is 5.10 Å². The molecule has 0 unspecified atom stereocenters. The minimum absolute atomic E-state index is 0.707. The van der Waals surface area contributed by atoms with Crippen LogP contribution in [-0.4, -0.2) is 20.6 Å². The minimum atomic E-state index is 0.707. The molecule has 2 heterocycles. The number of amidine groups is 1. The van der Waals surface area contributed by atoms with Crippen LogP contribution in [0, 0.1) is 4.64 Å². The molecule has 0 aliphatic carbocycles. The van der Waals surface area contributed by atoms with Crippen molar-refractivity contribution in [3.05, 3.63) is 52.3 Å². The van der Waals surface area contributed by atoms with Gasteiger partial charge in [0.2, 0.25) is 0 Å². The minimum Gasteiger partial charge on any atom is -0.304 e. The number of H-pyrrole nitrogens is 1. The maximum atomic E-state index is 5.45. The Morgan fingerprint density at radius 1 is 1.25 bits per heavy atom. The van der Waals surface area contributed by atoms with Gasteiger partial charge < -0.3 is 5.10 Å². The van der Waals surface area contributed by atoms with Crippen molar-refractivity contribution in [3.63, 3.8) is 0 Å². The average Bonchev–Trinajstić information content (AvgIpc) is 3.06. The van der Waals surface area contributed by atoms with Crippen LogP contribution in [0.1, 0.15) is 18.1 Å². The Morgan fingerprint density at radius 3 is 2.75 bits per heavy atom. The van der Waals surface area contributed by atoms with Crippen molar-refractivity contribution in [1.29, 1.82) is 0 Å². The molecule has 0 fully saturated rings. The van der Waals surface area contributed by atoms with Gasteiger partial charge in [-0.2, -0.15) is 0 Å². The van der Waals surface area contributed by atoms with Gasteiger partial charge in [0, 0.05) is 12.7 Å². The second-order valence-corrected chi connectivity index (χ2v) is 4.85. The summed E-state index contributed by atoms with van der Waals surface area (Å²) in [5.41, 5.74) is 7.92. The van der Waals surface area contributed by atoms with E-state index in [-0.39, 0.29) is 0 Å². The maximum absolute atomic E-state index is 5.45. The van der Waals surface area contributed by atoms with Gasteiger partial charge in [0.05, 0.1) is 12.1 Å². The normalized spacial score (nSPS) is 14.2. The number of rotatable bonds is 4. The van der Waals surface area contributed by atoms with Crippen LogP contribution in [-0.2, 0) is 13.1 Å². The van der Waals surface area contributed by atoms with Gasteiger partial charge in [0.1, 0.15) is 4.64 Å². The van der Waals surface area contributed by atoms with E-state index in [9.17, 15) is 0 Å². The van der Waals surface area contributed by atoms with Crippen molar-refractivity contribution in [2.45, 2.75) is 20.0 Å². The van der Waals surface area contributed by atoms with Gasteiger partial charge in [-0.05, 0) is 12.5 Å². The Bertz CT molecular complexity index is 672. The molecule has 0 radical (unpaired) electrons. The summed E-state index contributed by atoms with van der Waals surface area (Å²) in [6.45, 7) is 3.56. The summed E-state index contributed by atoms with van der Waals surface area (Å²) >= 11 is 5.45. The highest BCUT2D eigenvalue weighted by atomic mass is 32.1. The Balaban J connectivity index is 1.85. The Morgan fingerprint density at radius 2 is 2.05 bits per heavy atom. The maximum Gasteiger partial charge on any atom is 0.177 e. The molecular weight excluding hydrogens is 272 g/mol. The zero-order valence-electron chi connectivity index (χ0n) is 11.1. The first-order chi connectivity index (χ1) is 9.79. The summed E-state index contributed by atoms with van der Waals surface area (Å²) in [5, 5.41) is 9.35. The average molecular weight is 288 g/mol. The van der Waals surface area contributed by atoms with Gasteiger partial charge in [-0.15, -0.1) is 10.6 Å². The van der Waals surface area contributed by atoms with Gasteiger partial charge in [0.25, 0.3) is 0 Å². The molecule has 1 aliphatic heterocycles. The Kier molecular flexibility index (Phi) is 3.53. The van der Waals surface area contributed by atoms with E-state index in [1.165, 1.54) is 5.56 Å². The number of nitrogens with zero attached hydrogens (tertiary/aromatic N) is 3. The molecule has 1 aromatic heterocycles. The lowest BCUT2D eigenvalue weighted by molar-refractivity contribution is 0.288. The predicted molar refractivity (Wildman–Crippen MR) is 80.1 cm³/mol. The summed E-state index contributed by atoms with van der Waals surface area (Å²) in [4.78, 5) is 0. The molecule has 7 heteroatoms. The molecule has 0 saturated heterocycles. The number of aryl methyl sites for hydroxylation is 1. The van der Waals surface area contributed by atoms with E-state index in [0.717, 1.165) is 22.6 Å². The SMILES string of the molecule is CCn1[nH]cc(C2=NNNN2Cc2ccccc2)c1=S. The van der Waals surface area contributed by atoms with Crippen LogP contribution in [0.4, 0.5) is 0 Å². The summed E-state index contributed by atoms with van der Waals surface area (Å²) < 4.78 is 2.67. The molecule has 0 amide bonds. The number of hydrazine groups is 2. The van der Waals surface area contributed by atoms with E-state index >= 15 is 0 Å². The third-order valence-corrected chi connectivity index (χ3v) is 3.62. The van der Waals surface area contributed by atoms with E-state index in [1.807, 2.05) is 41.0 Å².